The first-order valence-corrected chi connectivity index (χ1v) is 5.48. The second kappa shape index (κ2) is 4.98. The Morgan fingerprint density at radius 3 is 2.87 bits per heavy atom. The van der Waals surface area contributed by atoms with Crippen molar-refractivity contribution in [3.8, 4) is 5.75 Å². The molecule has 0 fully saturated rings. The fraction of sp³-hybridized carbons (Fsp3) is 0.364. The Labute approximate surface area is 93.0 Å². The van der Waals surface area contributed by atoms with Gasteiger partial charge < -0.3 is 9.84 Å². The van der Waals surface area contributed by atoms with Gasteiger partial charge >= 0.3 is 5.97 Å². The fourth-order valence-electron chi connectivity index (χ4n) is 1.08. The van der Waals surface area contributed by atoms with Gasteiger partial charge in [0.2, 0.25) is 0 Å². The highest BCUT2D eigenvalue weighted by atomic mass is 32.1. The molecule has 0 aliphatic heterocycles. The van der Waals surface area contributed by atoms with Gasteiger partial charge in [-0.05, 0) is 12.0 Å². The van der Waals surface area contributed by atoms with Crippen LogP contribution in [0.1, 0.15) is 34.3 Å². The zero-order valence-corrected chi connectivity index (χ0v) is 9.63. The van der Waals surface area contributed by atoms with Crippen molar-refractivity contribution in [2.24, 2.45) is 0 Å². The first-order chi connectivity index (χ1) is 7.06. The van der Waals surface area contributed by atoms with E-state index < -0.39 is 5.97 Å². The van der Waals surface area contributed by atoms with Gasteiger partial charge in [-0.25, -0.2) is 4.79 Å². The predicted octanol–water partition coefficient (Wildman–Crippen LogP) is 3.13. The van der Waals surface area contributed by atoms with Gasteiger partial charge in [0.1, 0.15) is 12.4 Å². The summed E-state index contributed by atoms with van der Waals surface area (Å²) in [4.78, 5) is 12.2. The van der Waals surface area contributed by atoms with Crippen LogP contribution in [0, 0.1) is 0 Å². The van der Waals surface area contributed by atoms with Gasteiger partial charge in [0.05, 0.1) is 0 Å². The molecule has 0 aromatic carbocycles. The average Bonchev–Trinajstić information content (AvgIpc) is 2.58. The van der Waals surface area contributed by atoms with Gasteiger partial charge in [-0.1, -0.05) is 26.5 Å². The molecular formula is C11H14O3S. The summed E-state index contributed by atoms with van der Waals surface area (Å²) in [7, 11) is 0. The van der Waals surface area contributed by atoms with Gasteiger partial charge in [-0.2, -0.15) is 0 Å². The number of hydrogen-bond acceptors (Lipinski definition) is 3. The Morgan fingerprint density at radius 2 is 2.40 bits per heavy atom. The van der Waals surface area contributed by atoms with E-state index in [1.807, 2.05) is 13.8 Å². The topological polar surface area (TPSA) is 46.5 Å². The Kier molecular flexibility index (Phi) is 3.91. The smallest absolute Gasteiger partial charge is 0.349 e. The van der Waals surface area contributed by atoms with Crippen LogP contribution >= 0.6 is 11.3 Å². The van der Waals surface area contributed by atoms with E-state index in [1.54, 1.807) is 12.1 Å². The molecule has 0 bridgehead atoms. The number of aromatic carboxylic acids is 1. The minimum Gasteiger partial charge on any atom is -0.488 e. The third kappa shape index (κ3) is 2.83. The van der Waals surface area contributed by atoms with E-state index in [0.717, 1.165) is 4.88 Å². The lowest BCUT2D eigenvalue weighted by atomic mass is 10.2. The molecule has 0 unspecified atom stereocenters. The molecule has 0 saturated carbocycles. The normalized spacial score (nSPS) is 10.3. The highest BCUT2D eigenvalue weighted by Gasteiger charge is 2.17. The highest BCUT2D eigenvalue weighted by molar-refractivity contribution is 7.14. The van der Waals surface area contributed by atoms with Crippen molar-refractivity contribution in [3.05, 3.63) is 28.5 Å². The van der Waals surface area contributed by atoms with Crippen molar-refractivity contribution in [2.75, 3.05) is 6.61 Å². The number of carboxylic acids is 1. The van der Waals surface area contributed by atoms with Crippen LogP contribution in [-0.4, -0.2) is 17.7 Å². The van der Waals surface area contributed by atoms with E-state index in [2.05, 4.69) is 6.58 Å². The van der Waals surface area contributed by atoms with Crippen molar-refractivity contribution in [1.82, 2.24) is 0 Å². The monoisotopic (exact) mass is 226 g/mol. The molecule has 0 atom stereocenters. The van der Waals surface area contributed by atoms with Crippen molar-refractivity contribution < 1.29 is 14.6 Å². The standard InChI is InChI=1S/C11H14O3S/c1-4-5-14-8-6-9(7(2)3)15-10(8)11(12)13/h4,6-7H,1,5H2,2-3H3,(H,12,13). The Hall–Kier alpha value is -1.29. The molecule has 0 aliphatic rings. The Bertz CT molecular complexity index is 366. The van der Waals surface area contributed by atoms with Gasteiger partial charge in [0, 0.05) is 4.88 Å². The van der Waals surface area contributed by atoms with E-state index in [1.165, 1.54) is 11.3 Å². The minimum atomic E-state index is -0.939. The summed E-state index contributed by atoms with van der Waals surface area (Å²) in [5.41, 5.74) is 0. The molecule has 1 rings (SSSR count). The van der Waals surface area contributed by atoms with Crippen LogP contribution in [0.2, 0.25) is 0 Å². The molecule has 3 nitrogen and oxygen atoms in total. The molecule has 0 aliphatic carbocycles. The molecule has 82 valence electrons. The van der Waals surface area contributed by atoms with Crippen LogP contribution in [-0.2, 0) is 0 Å². The summed E-state index contributed by atoms with van der Waals surface area (Å²) < 4.78 is 5.29. The summed E-state index contributed by atoms with van der Waals surface area (Å²) >= 11 is 1.27. The third-order valence-electron chi connectivity index (χ3n) is 1.84. The zero-order chi connectivity index (χ0) is 11.4. The molecule has 1 N–H and O–H groups in total. The summed E-state index contributed by atoms with van der Waals surface area (Å²) in [6.07, 6.45) is 1.60. The van der Waals surface area contributed by atoms with E-state index in [4.69, 9.17) is 9.84 Å². The Morgan fingerprint density at radius 1 is 1.73 bits per heavy atom. The first-order valence-electron chi connectivity index (χ1n) is 4.67. The van der Waals surface area contributed by atoms with Crippen molar-refractivity contribution >= 4 is 17.3 Å². The van der Waals surface area contributed by atoms with Gasteiger partial charge in [0.15, 0.2) is 4.88 Å². The number of thiophene rings is 1. The second-order valence-corrected chi connectivity index (χ2v) is 4.49. The molecule has 1 aromatic rings. The number of hydrogen-bond donors (Lipinski definition) is 1. The van der Waals surface area contributed by atoms with Crippen LogP contribution in [0.3, 0.4) is 0 Å². The second-order valence-electron chi connectivity index (χ2n) is 3.40. The van der Waals surface area contributed by atoms with Gasteiger partial charge in [-0.15, -0.1) is 11.3 Å². The lowest BCUT2D eigenvalue weighted by Gasteiger charge is -2.00. The van der Waals surface area contributed by atoms with Crippen molar-refractivity contribution in [1.29, 1.82) is 0 Å². The van der Waals surface area contributed by atoms with Crippen LogP contribution in [0.5, 0.6) is 5.75 Å². The van der Waals surface area contributed by atoms with E-state index >= 15 is 0 Å². The molecular weight excluding hydrogens is 212 g/mol. The first kappa shape index (κ1) is 11.8. The molecule has 1 aromatic heterocycles. The van der Waals surface area contributed by atoms with Gasteiger partial charge in [-0.3, -0.25) is 0 Å². The molecule has 4 heteroatoms. The van der Waals surface area contributed by atoms with Gasteiger partial charge in [0.25, 0.3) is 0 Å². The molecule has 0 radical (unpaired) electrons. The van der Waals surface area contributed by atoms with Crippen LogP contribution in [0.4, 0.5) is 0 Å². The quantitative estimate of drug-likeness (QED) is 0.784. The van der Waals surface area contributed by atoms with Crippen LogP contribution in [0.15, 0.2) is 18.7 Å². The predicted molar refractivity (Wildman–Crippen MR) is 61.1 cm³/mol. The summed E-state index contributed by atoms with van der Waals surface area (Å²) in [6.45, 7) is 7.90. The number of ether oxygens (including phenoxy) is 1. The number of carboxylic acid groups (broad SMARTS) is 1. The summed E-state index contributed by atoms with van der Waals surface area (Å²) in [6, 6.07) is 1.79. The van der Waals surface area contributed by atoms with Crippen molar-refractivity contribution in [2.45, 2.75) is 19.8 Å². The SMILES string of the molecule is C=CCOc1cc(C(C)C)sc1C(=O)O. The number of carbonyl (C=O) groups is 1. The van der Waals surface area contributed by atoms with E-state index in [0.29, 0.717) is 18.3 Å². The summed E-state index contributed by atoms with van der Waals surface area (Å²) in [5, 5.41) is 8.96. The molecule has 0 spiro atoms. The molecule has 0 amide bonds. The lowest BCUT2D eigenvalue weighted by molar-refractivity contribution is 0.0698. The van der Waals surface area contributed by atoms with E-state index in [9.17, 15) is 4.79 Å². The average molecular weight is 226 g/mol. The maximum Gasteiger partial charge on any atom is 0.349 e. The molecule has 0 saturated heterocycles. The van der Waals surface area contributed by atoms with Crippen LogP contribution in [0.25, 0.3) is 0 Å². The maximum atomic E-state index is 10.9. The number of rotatable bonds is 5. The minimum absolute atomic E-state index is 0.264. The van der Waals surface area contributed by atoms with Crippen LogP contribution < -0.4 is 4.74 Å². The lowest BCUT2D eigenvalue weighted by Crippen LogP contribution is -1.98. The van der Waals surface area contributed by atoms with E-state index in [-0.39, 0.29) is 4.88 Å². The highest BCUT2D eigenvalue weighted by Crippen LogP contribution is 2.33. The fourth-order valence-corrected chi connectivity index (χ4v) is 2.02. The summed E-state index contributed by atoms with van der Waals surface area (Å²) in [5.74, 6) is -0.184. The molecule has 1 heterocycles. The van der Waals surface area contributed by atoms with Crippen molar-refractivity contribution in [3.63, 3.8) is 0 Å². The zero-order valence-electron chi connectivity index (χ0n) is 8.82. The molecule has 15 heavy (non-hydrogen) atoms. The Balaban J connectivity index is 3.00. The maximum absolute atomic E-state index is 10.9. The third-order valence-corrected chi connectivity index (χ3v) is 3.24. The largest absolute Gasteiger partial charge is 0.488 e.